The molecule has 0 spiro atoms. The third kappa shape index (κ3) is 7.78. The molecule has 10 heteroatoms. The first-order valence-electron chi connectivity index (χ1n) is 10.0. The van der Waals surface area contributed by atoms with Crippen molar-refractivity contribution in [3.8, 4) is 0 Å². The molecule has 3 atom stereocenters. The Kier molecular flexibility index (Phi) is 11.6. The van der Waals surface area contributed by atoms with E-state index in [-0.39, 0.29) is 54.3 Å². The number of nitrogens with zero attached hydrogens (tertiary/aromatic N) is 1. The quantitative estimate of drug-likeness (QED) is 0.221. The van der Waals surface area contributed by atoms with Gasteiger partial charge in [0, 0.05) is 23.8 Å². The number of esters is 1. The second-order valence-electron chi connectivity index (χ2n) is 6.98. The van der Waals surface area contributed by atoms with Gasteiger partial charge in [-0.15, -0.1) is 0 Å². The van der Waals surface area contributed by atoms with Crippen LogP contribution in [0.4, 0.5) is 0 Å². The van der Waals surface area contributed by atoms with Crippen molar-refractivity contribution in [1.82, 2.24) is 0 Å². The molecule has 8 nitrogen and oxygen atoms in total. The molecule has 0 saturated heterocycles. The van der Waals surface area contributed by atoms with Crippen LogP contribution in [0.15, 0.2) is 45.8 Å². The molecule has 1 aromatic rings. The maximum absolute atomic E-state index is 12.3. The van der Waals surface area contributed by atoms with Crippen molar-refractivity contribution in [2.24, 2.45) is 4.99 Å². The summed E-state index contributed by atoms with van der Waals surface area (Å²) in [5.74, 6) is -0.509. The van der Waals surface area contributed by atoms with E-state index in [4.69, 9.17) is 9.47 Å². The number of aliphatic hydroxyl groups is 1. The molecule has 2 rings (SSSR count). The Morgan fingerprint density at radius 2 is 1.94 bits per heavy atom. The van der Waals surface area contributed by atoms with Gasteiger partial charge in [-0.2, -0.15) is 0 Å². The number of aliphatic hydroxyl groups excluding tert-OH is 1. The third-order valence-corrected chi connectivity index (χ3v) is 5.83. The Hall–Kier alpha value is -1.07. The minimum absolute atomic E-state index is 0. The molecule has 0 unspecified atom stereocenters. The van der Waals surface area contributed by atoms with Gasteiger partial charge in [-0.25, -0.2) is 13.2 Å². The number of hydrogen-bond donors (Lipinski definition) is 1. The summed E-state index contributed by atoms with van der Waals surface area (Å²) in [6, 6.07) is 4.90. The molecule has 1 N–H and O–H groups in total. The van der Waals surface area contributed by atoms with E-state index in [2.05, 4.69) is 4.99 Å². The smallest absolute Gasteiger partial charge is 0.744 e. The van der Waals surface area contributed by atoms with Gasteiger partial charge in [0.05, 0.1) is 23.6 Å². The SMILES string of the molecule is CCOC(=O)C1=C[C@@H](OC(CC)CC)[C@@H](O)[C@H](N=Cc2ccccc2S(=O)(=O)[O-])C1.[Na+]. The van der Waals surface area contributed by atoms with Gasteiger partial charge in [0.25, 0.3) is 0 Å². The zero-order valence-corrected chi connectivity index (χ0v) is 21.2. The van der Waals surface area contributed by atoms with Crippen LogP contribution in [-0.2, 0) is 24.4 Å². The van der Waals surface area contributed by atoms with Gasteiger partial charge in [0.1, 0.15) is 22.3 Å². The molecular formula is C21H28NNaO7S. The molecule has 0 aliphatic heterocycles. The fourth-order valence-corrected chi connectivity index (χ4v) is 3.91. The minimum Gasteiger partial charge on any atom is -0.744 e. The Labute approximate surface area is 205 Å². The second-order valence-corrected chi connectivity index (χ2v) is 8.33. The number of hydrogen-bond acceptors (Lipinski definition) is 8. The van der Waals surface area contributed by atoms with Crippen LogP contribution in [0.25, 0.3) is 0 Å². The molecule has 0 heterocycles. The fraction of sp³-hybridized carbons (Fsp3) is 0.524. The van der Waals surface area contributed by atoms with E-state index in [0.717, 1.165) is 12.8 Å². The zero-order valence-electron chi connectivity index (χ0n) is 18.4. The average molecular weight is 462 g/mol. The van der Waals surface area contributed by atoms with Crippen molar-refractivity contribution < 1.29 is 61.9 Å². The molecule has 31 heavy (non-hydrogen) atoms. The van der Waals surface area contributed by atoms with E-state index in [9.17, 15) is 22.9 Å². The molecule has 0 saturated carbocycles. The molecule has 1 aliphatic rings. The van der Waals surface area contributed by atoms with Gasteiger partial charge in [0.2, 0.25) is 0 Å². The van der Waals surface area contributed by atoms with Crippen LogP contribution in [0.3, 0.4) is 0 Å². The summed E-state index contributed by atoms with van der Waals surface area (Å²) < 4.78 is 45.4. The van der Waals surface area contributed by atoms with Gasteiger partial charge in [0.15, 0.2) is 0 Å². The summed E-state index contributed by atoms with van der Waals surface area (Å²) in [5.41, 5.74) is 0.453. The predicted octanol–water partition coefficient (Wildman–Crippen LogP) is -0.790. The Morgan fingerprint density at radius 3 is 2.52 bits per heavy atom. The first kappa shape index (κ1) is 28.0. The van der Waals surface area contributed by atoms with E-state index in [1.54, 1.807) is 19.1 Å². The maximum Gasteiger partial charge on any atom is 1.00 e. The first-order valence-corrected chi connectivity index (χ1v) is 11.4. The van der Waals surface area contributed by atoms with Crippen molar-refractivity contribution in [3.63, 3.8) is 0 Å². The molecule has 0 radical (unpaired) electrons. The van der Waals surface area contributed by atoms with Gasteiger partial charge < -0.3 is 19.1 Å². The van der Waals surface area contributed by atoms with Crippen molar-refractivity contribution in [2.45, 2.75) is 69.3 Å². The van der Waals surface area contributed by atoms with Gasteiger partial charge in [-0.3, -0.25) is 4.99 Å². The number of ether oxygens (including phenoxy) is 2. The zero-order chi connectivity index (χ0) is 22.3. The van der Waals surface area contributed by atoms with Crippen molar-refractivity contribution in [3.05, 3.63) is 41.5 Å². The second kappa shape index (κ2) is 12.8. The minimum atomic E-state index is -4.68. The van der Waals surface area contributed by atoms with Gasteiger partial charge >= 0.3 is 35.5 Å². The standard InChI is InChI=1S/C21H29NO7S.Na/c1-4-16(5-2)29-18-12-15(21(24)28-6-3)11-17(20(18)23)22-13-14-9-7-8-10-19(14)30(25,26)27;/h7-10,12-13,16-18,20,23H,4-6,11H2,1-3H3,(H,25,26,27);/q;+1/p-1/t17-,18-,20+;/m1./s1. The number of carbonyl (C=O) groups is 1. The number of benzene rings is 1. The summed E-state index contributed by atoms with van der Waals surface area (Å²) in [4.78, 5) is 16.2. The van der Waals surface area contributed by atoms with Crippen LogP contribution in [0.5, 0.6) is 0 Å². The molecule has 0 amide bonds. The molecule has 0 fully saturated rings. The summed E-state index contributed by atoms with van der Waals surface area (Å²) in [5, 5.41) is 10.8. The van der Waals surface area contributed by atoms with E-state index in [0.29, 0.717) is 5.57 Å². The van der Waals surface area contributed by atoms with E-state index >= 15 is 0 Å². The van der Waals surface area contributed by atoms with Crippen LogP contribution < -0.4 is 29.6 Å². The molecule has 0 aromatic heterocycles. The van der Waals surface area contributed by atoms with Gasteiger partial charge in [-0.1, -0.05) is 32.0 Å². The third-order valence-electron chi connectivity index (χ3n) is 4.92. The number of aliphatic imine (C=N–C) groups is 1. The topological polar surface area (TPSA) is 125 Å². The van der Waals surface area contributed by atoms with Crippen molar-refractivity contribution in [1.29, 1.82) is 0 Å². The number of carbonyl (C=O) groups excluding carboxylic acids is 1. The van der Waals surface area contributed by atoms with Crippen molar-refractivity contribution >= 4 is 22.3 Å². The first-order chi connectivity index (χ1) is 14.2. The van der Waals surface area contributed by atoms with Crippen LogP contribution in [0.2, 0.25) is 0 Å². The van der Waals surface area contributed by atoms with Gasteiger partial charge in [-0.05, 0) is 31.9 Å². The number of rotatable bonds is 9. The molecule has 166 valence electrons. The Bertz CT molecular complexity index is 897. The molecular weight excluding hydrogens is 433 g/mol. The van der Waals surface area contributed by atoms with Crippen LogP contribution in [0, 0.1) is 0 Å². The van der Waals surface area contributed by atoms with E-state index < -0.39 is 39.2 Å². The predicted molar refractivity (Wildman–Crippen MR) is 110 cm³/mol. The summed E-state index contributed by atoms with van der Waals surface area (Å²) in [7, 11) is -4.68. The summed E-state index contributed by atoms with van der Waals surface area (Å²) in [6.45, 7) is 5.84. The van der Waals surface area contributed by atoms with Crippen LogP contribution in [0.1, 0.15) is 45.6 Å². The Morgan fingerprint density at radius 1 is 1.29 bits per heavy atom. The largest absolute Gasteiger partial charge is 1.00 e. The summed E-state index contributed by atoms with van der Waals surface area (Å²) in [6.07, 6.45) is 2.49. The van der Waals surface area contributed by atoms with Crippen molar-refractivity contribution in [2.75, 3.05) is 6.61 Å². The van der Waals surface area contributed by atoms with Crippen LogP contribution >= 0.6 is 0 Å². The Balaban J connectivity index is 0.00000480. The molecule has 0 bridgehead atoms. The maximum atomic E-state index is 12.3. The fourth-order valence-electron chi connectivity index (χ4n) is 3.26. The molecule has 1 aliphatic carbocycles. The summed E-state index contributed by atoms with van der Waals surface area (Å²) >= 11 is 0. The van der Waals surface area contributed by atoms with E-state index in [1.807, 2.05) is 13.8 Å². The molecule has 1 aromatic carbocycles. The van der Waals surface area contributed by atoms with E-state index in [1.165, 1.54) is 24.4 Å². The monoisotopic (exact) mass is 461 g/mol. The van der Waals surface area contributed by atoms with Crippen LogP contribution in [-0.4, -0.2) is 61.2 Å². The average Bonchev–Trinajstić information content (AvgIpc) is 2.71. The normalized spacial score (nSPS) is 21.6.